The highest BCUT2D eigenvalue weighted by atomic mass is 16.3. The van der Waals surface area contributed by atoms with Crippen molar-refractivity contribution >= 4 is 5.82 Å². The Bertz CT molecular complexity index is 367. The molecule has 2 heterocycles. The molecule has 0 unspecified atom stereocenters. The van der Waals surface area contributed by atoms with Crippen LogP contribution in [0.5, 0.6) is 0 Å². The number of hydrogen-bond donors (Lipinski definition) is 1. The molecule has 1 aliphatic heterocycles. The van der Waals surface area contributed by atoms with E-state index in [2.05, 4.69) is 35.6 Å². The third-order valence-corrected chi connectivity index (χ3v) is 2.61. The standard InChI is InChI=1S/C12H19N3O/c1-12(2,3)5-9-4-11(14-8-13-9)15-6-10(16)7-15/h4,8,10,16H,5-7H2,1-3H3. The average Bonchev–Trinajstić information content (AvgIpc) is 2.10. The molecule has 0 bridgehead atoms. The minimum atomic E-state index is -0.193. The van der Waals surface area contributed by atoms with Gasteiger partial charge in [0.2, 0.25) is 0 Å². The maximum atomic E-state index is 9.25. The van der Waals surface area contributed by atoms with Gasteiger partial charge >= 0.3 is 0 Å². The largest absolute Gasteiger partial charge is 0.389 e. The Labute approximate surface area is 96.3 Å². The van der Waals surface area contributed by atoms with Crippen molar-refractivity contribution in [1.82, 2.24) is 9.97 Å². The molecule has 0 aromatic carbocycles. The Morgan fingerprint density at radius 2 is 2.06 bits per heavy atom. The Kier molecular flexibility index (Phi) is 2.84. The molecule has 1 fully saturated rings. The smallest absolute Gasteiger partial charge is 0.132 e. The van der Waals surface area contributed by atoms with Gasteiger partial charge in [-0.1, -0.05) is 20.8 Å². The van der Waals surface area contributed by atoms with E-state index in [1.807, 2.05) is 6.07 Å². The van der Waals surface area contributed by atoms with Gasteiger partial charge in [-0.25, -0.2) is 9.97 Å². The molecule has 0 aliphatic carbocycles. The molecule has 4 heteroatoms. The number of aromatic nitrogens is 2. The molecule has 16 heavy (non-hydrogen) atoms. The molecule has 0 amide bonds. The van der Waals surface area contributed by atoms with Gasteiger partial charge in [0.15, 0.2) is 0 Å². The van der Waals surface area contributed by atoms with Crippen molar-refractivity contribution in [2.45, 2.75) is 33.3 Å². The van der Waals surface area contributed by atoms with Gasteiger partial charge in [0, 0.05) is 24.8 Å². The van der Waals surface area contributed by atoms with Crippen LogP contribution in [-0.2, 0) is 6.42 Å². The minimum absolute atomic E-state index is 0.193. The topological polar surface area (TPSA) is 49.2 Å². The van der Waals surface area contributed by atoms with Crippen LogP contribution in [0.3, 0.4) is 0 Å². The summed E-state index contributed by atoms with van der Waals surface area (Å²) < 4.78 is 0. The van der Waals surface area contributed by atoms with Crippen molar-refractivity contribution in [2.75, 3.05) is 18.0 Å². The number of hydrogen-bond acceptors (Lipinski definition) is 4. The highest BCUT2D eigenvalue weighted by Gasteiger charge is 2.25. The first-order valence-corrected chi connectivity index (χ1v) is 5.68. The summed E-state index contributed by atoms with van der Waals surface area (Å²) in [5, 5.41) is 9.25. The van der Waals surface area contributed by atoms with Crippen molar-refractivity contribution in [3.8, 4) is 0 Å². The molecule has 1 aromatic rings. The van der Waals surface area contributed by atoms with Crippen LogP contribution in [0.1, 0.15) is 26.5 Å². The lowest BCUT2D eigenvalue weighted by Crippen LogP contribution is -2.51. The zero-order chi connectivity index (χ0) is 11.8. The SMILES string of the molecule is CC(C)(C)Cc1cc(N2CC(O)C2)ncn1. The van der Waals surface area contributed by atoms with Crippen LogP contribution in [0.4, 0.5) is 5.82 Å². The second-order valence-electron chi connectivity index (χ2n) is 5.66. The van der Waals surface area contributed by atoms with Gasteiger partial charge in [-0.15, -0.1) is 0 Å². The lowest BCUT2D eigenvalue weighted by molar-refractivity contribution is 0.141. The van der Waals surface area contributed by atoms with E-state index in [9.17, 15) is 5.11 Å². The second kappa shape index (κ2) is 4.01. The summed E-state index contributed by atoms with van der Waals surface area (Å²) in [7, 11) is 0. The normalized spacial score (nSPS) is 17.4. The molecule has 1 aromatic heterocycles. The highest BCUT2D eigenvalue weighted by Crippen LogP contribution is 2.23. The van der Waals surface area contributed by atoms with E-state index in [4.69, 9.17) is 0 Å². The maximum absolute atomic E-state index is 9.25. The van der Waals surface area contributed by atoms with E-state index in [1.54, 1.807) is 6.33 Å². The molecule has 0 saturated carbocycles. The van der Waals surface area contributed by atoms with Crippen molar-refractivity contribution in [3.63, 3.8) is 0 Å². The molecule has 88 valence electrons. The molecule has 0 spiro atoms. The molecule has 2 rings (SSSR count). The first kappa shape index (κ1) is 11.3. The van der Waals surface area contributed by atoms with Crippen molar-refractivity contribution in [3.05, 3.63) is 18.1 Å². The van der Waals surface area contributed by atoms with Gasteiger partial charge in [0.25, 0.3) is 0 Å². The summed E-state index contributed by atoms with van der Waals surface area (Å²) in [6.45, 7) is 7.96. The molecule has 1 saturated heterocycles. The third-order valence-electron chi connectivity index (χ3n) is 2.61. The fraction of sp³-hybridized carbons (Fsp3) is 0.667. The first-order valence-electron chi connectivity index (χ1n) is 5.68. The van der Waals surface area contributed by atoms with Gasteiger partial charge in [0.1, 0.15) is 12.1 Å². The van der Waals surface area contributed by atoms with Gasteiger partial charge in [-0.2, -0.15) is 0 Å². The maximum Gasteiger partial charge on any atom is 0.132 e. The van der Waals surface area contributed by atoms with E-state index in [0.717, 1.165) is 17.9 Å². The fourth-order valence-corrected chi connectivity index (χ4v) is 1.84. The van der Waals surface area contributed by atoms with Crippen LogP contribution in [-0.4, -0.2) is 34.3 Å². The summed E-state index contributed by atoms with van der Waals surface area (Å²) in [6, 6.07) is 2.02. The molecule has 1 aliphatic rings. The van der Waals surface area contributed by atoms with E-state index < -0.39 is 0 Å². The van der Waals surface area contributed by atoms with Crippen LogP contribution in [0, 0.1) is 5.41 Å². The predicted octanol–water partition coefficient (Wildman–Crippen LogP) is 1.25. The van der Waals surface area contributed by atoms with E-state index in [-0.39, 0.29) is 11.5 Å². The summed E-state index contributed by atoms with van der Waals surface area (Å²) in [6.07, 6.45) is 2.36. The summed E-state index contributed by atoms with van der Waals surface area (Å²) >= 11 is 0. The molecule has 4 nitrogen and oxygen atoms in total. The Balaban J connectivity index is 2.08. The molecule has 0 atom stereocenters. The molecular formula is C12H19N3O. The van der Waals surface area contributed by atoms with Crippen LogP contribution in [0.25, 0.3) is 0 Å². The van der Waals surface area contributed by atoms with Crippen molar-refractivity contribution in [2.24, 2.45) is 5.41 Å². The number of aliphatic hydroxyl groups is 1. The van der Waals surface area contributed by atoms with Crippen LogP contribution in [0.2, 0.25) is 0 Å². The fourth-order valence-electron chi connectivity index (χ4n) is 1.84. The number of β-amino-alcohol motifs (C(OH)–C–C–N with tert-alkyl or cyclic N) is 1. The highest BCUT2D eigenvalue weighted by molar-refractivity contribution is 5.42. The lowest BCUT2D eigenvalue weighted by atomic mass is 9.90. The monoisotopic (exact) mass is 221 g/mol. The predicted molar refractivity (Wildman–Crippen MR) is 63.4 cm³/mol. The van der Waals surface area contributed by atoms with Crippen molar-refractivity contribution in [1.29, 1.82) is 0 Å². The third kappa shape index (κ3) is 2.70. The summed E-state index contributed by atoms with van der Waals surface area (Å²) in [4.78, 5) is 10.6. The quantitative estimate of drug-likeness (QED) is 0.816. The van der Waals surface area contributed by atoms with Gasteiger partial charge in [-0.3, -0.25) is 0 Å². The lowest BCUT2D eigenvalue weighted by Gasteiger charge is -2.36. The van der Waals surface area contributed by atoms with Crippen LogP contribution < -0.4 is 4.90 Å². The Morgan fingerprint density at radius 3 is 2.62 bits per heavy atom. The van der Waals surface area contributed by atoms with Crippen LogP contribution >= 0.6 is 0 Å². The summed E-state index contributed by atoms with van der Waals surface area (Å²) in [5.41, 5.74) is 1.30. The molecule has 0 radical (unpaired) electrons. The van der Waals surface area contributed by atoms with Gasteiger partial charge < -0.3 is 10.0 Å². The molecular weight excluding hydrogens is 202 g/mol. The molecule has 1 N–H and O–H groups in total. The van der Waals surface area contributed by atoms with Crippen molar-refractivity contribution < 1.29 is 5.11 Å². The van der Waals surface area contributed by atoms with Gasteiger partial charge in [0.05, 0.1) is 6.10 Å². The van der Waals surface area contributed by atoms with Gasteiger partial charge in [-0.05, 0) is 11.8 Å². The first-order chi connectivity index (χ1) is 7.44. The number of anilines is 1. The number of aliphatic hydroxyl groups excluding tert-OH is 1. The average molecular weight is 221 g/mol. The summed E-state index contributed by atoms with van der Waals surface area (Å²) in [5.74, 6) is 0.930. The zero-order valence-corrected chi connectivity index (χ0v) is 10.1. The Hall–Kier alpha value is -1.16. The van der Waals surface area contributed by atoms with E-state index in [1.165, 1.54) is 0 Å². The Morgan fingerprint density at radius 1 is 1.38 bits per heavy atom. The van der Waals surface area contributed by atoms with E-state index in [0.29, 0.717) is 13.1 Å². The second-order valence-corrected chi connectivity index (χ2v) is 5.66. The number of rotatable bonds is 2. The van der Waals surface area contributed by atoms with E-state index >= 15 is 0 Å². The minimum Gasteiger partial charge on any atom is -0.389 e. The zero-order valence-electron chi connectivity index (χ0n) is 10.1. The van der Waals surface area contributed by atoms with Crippen LogP contribution in [0.15, 0.2) is 12.4 Å². The number of nitrogens with zero attached hydrogens (tertiary/aromatic N) is 3.